The Morgan fingerprint density at radius 2 is 0.703 bits per heavy atom. The Labute approximate surface area is 599 Å². The van der Waals surface area contributed by atoms with E-state index in [1.807, 2.05) is 148 Å². The molecule has 8 atom stereocenters. The summed E-state index contributed by atoms with van der Waals surface area (Å²) in [7, 11) is -10.2. The molecule has 8 aromatic carbocycles. The average Bonchev–Trinajstić information content (AvgIpc) is 0.823. The molecule has 4 aliphatic heterocycles. The fraction of sp³-hybridized carbons (Fsp3) is 0.364. The lowest BCUT2D eigenvalue weighted by Crippen LogP contribution is -2.50. The molecule has 540 valence electrons. The van der Waals surface area contributed by atoms with Gasteiger partial charge in [0.1, 0.15) is 67.7 Å². The second-order valence-corrected chi connectivity index (χ2v) is 32.1. The zero-order valence-corrected chi connectivity index (χ0v) is 61.3. The second kappa shape index (κ2) is 37.4. The summed E-state index contributed by atoms with van der Waals surface area (Å²) in [6.45, 7) is 13.0. The molecule has 101 heavy (non-hydrogen) atoms. The molecule has 0 bridgehead atoms. The van der Waals surface area contributed by atoms with Crippen molar-refractivity contribution in [3.8, 4) is 23.0 Å². The molecule has 0 spiro atoms. The SMILES string of the molecule is CC(C)(C)OC(=O)N1CCO[C@H]([C@@H](Oc2ccccc2S(C)(=O)=O)c2ccccc2)C1.CS(=O)(=O)c1ccccc1O[C@@H](c1ccccc1)[C@@H]1CNCCO1.CS(=O)(=O)c1ccccc1O[C@@H](c1ccccc1)[C@@H]1CNCCO1.CSc1ccccc1O[C@@H](c1ccccc1)[C@@H]1CNCCO1. The molecular weight excluding hydrogens is 1370 g/mol. The lowest BCUT2D eigenvalue weighted by molar-refractivity contribution is -0.0841. The van der Waals surface area contributed by atoms with Gasteiger partial charge >= 0.3 is 6.09 Å². The van der Waals surface area contributed by atoms with Gasteiger partial charge in [-0.2, -0.15) is 0 Å². The third-order valence-corrected chi connectivity index (χ3v) is 20.5. The zero-order chi connectivity index (χ0) is 71.8. The lowest BCUT2D eigenvalue weighted by Gasteiger charge is -2.37. The number of thioether (sulfide) groups is 1. The number of nitrogens with zero attached hydrogens (tertiary/aromatic N) is 1. The van der Waals surface area contributed by atoms with Gasteiger partial charge in [-0.25, -0.2) is 30.0 Å². The van der Waals surface area contributed by atoms with Gasteiger partial charge in [-0.05, 0) is 97.8 Å². The second-order valence-electron chi connectivity index (χ2n) is 25.3. The first kappa shape index (κ1) is 77.3. The van der Waals surface area contributed by atoms with Crippen LogP contribution < -0.4 is 34.9 Å². The number of para-hydroxylation sites is 4. The van der Waals surface area contributed by atoms with E-state index in [4.69, 9.17) is 42.6 Å². The van der Waals surface area contributed by atoms with Gasteiger partial charge < -0.3 is 63.5 Å². The number of carbonyl (C=O) groups is 1. The molecule has 0 saturated carbocycles. The Balaban J connectivity index is 0.000000158. The number of hydrogen-bond donors (Lipinski definition) is 3. The van der Waals surface area contributed by atoms with Crippen molar-refractivity contribution < 1.29 is 72.7 Å². The molecule has 3 N–H and O–H groups in total. The molecule has 0 aromatic heterocycles. The standard InChI is InChI=1S/C23H29NO6S.2C18H21NO4S.C18H21NO2S/c1-23(2,3)30-22(25)24-14-15-28-19(16-24)21(17-10-6-5-7-11-17)29-18-12-8-9-13-20(18)31(4,26)27;2*1-24(20,21)17-10-6-5-9-15(17)23-18(14-7-3-2-4-8-14)16-13-19-11-12-22-16;1-22-17-10-6-5-9-15(17)21-18(14-7-3-2-4-8-14)16-13-19-11-12-20-16/h5-13,19,21H,14-16H2,1-4H3;2*2-10,16,18-19H,11-13H2,1H3;2-10,16,18-19H,11-13H2,1H3/t19-,21-;3*16-,18-/m0000/s1. The Hall–Kier alpha value is -7.85. The lowest BCUT2D eigenvalue weighted by atomic mass is 10.0. The van der Waals surface area contributed by atoms with E-state index in [0.29, 0.717) is 51.0 Å². The van der Waals surface area contributed by atoms with E-state index < -0.39 is 53.4 Å². The first-order valence-electron chi connectivity index (χ1n) is 33.5. The first-order chi connectivity index (χ1) is 48.5. The van der Waals surface area contributed by atoms with Gasteiger partial charge in [-0.3, -0.25) is 0 Å². The van der Waals surface area contributed by atoms with Gasteiger partial charge in [-0.1, -0.05) is 170 Å². The summed E-state index contributed by atoms with van der Waals surface area (Å²) in [5.74, 6) is 1.86. The first-order valence-corrected chi connectivity index (χ1v) is 40.4. The molecule has 4 saturated heterocycles. The van der Waals surface area contributed by atoms with E-state index in [2.05, 4.69) is 40.4 Å². The molecule has 0 unspecified atom stereocenters. The van der Waals surface area contributed by atoms with Crippen LogP contribution >= 0.6 is 11.8 Å². The molecule has 8 aromatic rings. The minimum Gasteiger partial charge on any atom is -0.482 e. The Kier molecular flexibility index (Phi) is 28.6. The molecule has 4 fully saturated rings. The maximum atomic E-state index is 12.6. The number of hydrogen-bond acceptors (Lipinski definition) is 20. The maximum Gasteiger partial charge on any atom is 0.410 e. The van der Waals surface area contributed by atoms with Crippen LogP contribution in [0.5, 0.6) is 23.0 Å². The van der Waals surface area contributed by atoms with Crippen molar-refractivity contribution in [2.24, 2.45) is 0 Å². The van der Waals surface area contributed by atoms with E-state index in [1.54, 1.807) is 83.4 Å². The van der Waals surface area contributed by atoms with Gasteiger partial charge in [0.25, 0.3) is 0 Å². The normalized spacial score (nSPS) is 19.2. The topological polar surface area (TPSA) is 242 Å². The van der Waals surface area contributed by atoms with Gasteiger partial charge in [0, 0.05) is 69.5 Å². The third-order valence-electron chi connectivity index (χ3n) is 16.3. The monoisotopic (exact) mass is 1460 g/mol. The summed E-state index contributed by atoms with van der Waals surface area (Å²) in [6.07, 6.45) is 2.82. The molecular formula is C77H92N4O16S4. The van der Waals surface area contributed by atoms with Crippen molar-refractivity contribution in [2.45, 2.75) is 94.8 Å². The minimum absolute atomic E-state index is 0.0195. The highest BCUT2D eigenvalue weighted by atomic mass is 32.2. The maximum absolute atomic E-state index is 12.6. The molecule has 12 rings (SSSR count). The van der Waals surface area contributed by atoms with Crippen molar-refractivity contribution in [3.63, 3.8) is 0 Å². The van der Waals surface area contributed by atoms with E-state index >= 15 is 0 Å². The zero-order valence-electron chi connectivity index (χ0n) is 58.0. The number of ether oxygens (including phenoxy) is 9. The highest BCUT2D eigenvalue weighted by Crippen LogP contribution is 2.37. The molecule has 24 heteroatoms. The van der Waals surface area contributed by atoms with E-state index in [-0.39, 0.29) is 63.6 Å². The van der Waals surface area contributed by atoms with Crippen LogP contribution in [-0.4, -0.2) is 170 Å². The largest absolute Gasteiger partial charge is 0.482 e. The molecule has 0 radical (unpaired) electrons. The number of morpholine rings is 4. The van der Waals surface area contributed by atoms with Gasteiger partial charge in [0.2, 0.25) is 0 Å². The van der Waals surface area contributed by atoms with Crippen molar-refractivity contribution in [3.05, 3.63) is 241 Å². The summed E-state index contributed by atoms with van der Waals surface area (Å²) in [6, 6.07) is 67.3. The van der Waals surface area contributed by atoms with E-state index in [9.17, 15) is 30.0 Å². The summed E-state index contributed by atoms with van der Waals surface area (Å²) in [4.78, 5) is 15.8. The third kappa shape index (κ3) is 23.3. The highest BCUT2D eigenvalue weighted by Gasteiger charge is 2.37. The van der Waals surface area contributed by atoms with Gasteiger partial charge in [0.05, 0.1) is 33.0 Å². The number of nitrogens with one attached hydrogen (secondary N) is 3. The van der Waals surface area contributed by atoms with E-state index in [1.165, 1.54) is 18.6 Å². The summed E-state index contributed by atoms with van der Waals surface area (Å²) >= 11 is 1.70. The molecule has 20 nitrogen and oxygen atoms in total. The Morgan fingerprint density at radius 1 is 0.416 bits per heavy atom. The number of rotatable bonds is 20. The Morgan fingerprint density at radius 3 is 1.01 bits per heavy atom. The van der Waals surface area contributed by atoms with Crippen molar-refractivity contribution >= 4 is 47.4 Å². The van der Waals surface area contributed by atoms with Gasteiger partial charge in [0.15, 0.2) is 53.9 Å². The van der Waals surface area contributed by atoms with Crippen LogP contribution in [-0.2, 0) is 53.2 Å². The minimum atomic E-state index is -3.49. The quantitative estimate of drug-likeness (QED) is 0.0601. The smallest absolute Gasteiger partial charge is 0.410 e. The predicted octanol–water partition coefficient (Wildman–Crippen LogP) is 11.8. The van der Waals surface area contributed by atoms with Crippen molar-refractivity contribution in [1.29, 1.82) is 0 Å². The van der Waals surface area contributed by atoms with Gasteiger partial charge in [-0.15, -0.1) is 11.8 Å². The molecule has 4 aliphatic rings. The van der Waals surface area contributed by atoms with Crippen LogP contribution in [0.3, 0.4) is 0 Å². The van der Waals surface area contributed by atoms with Crippen LogP contribution in [0.15, 0.2) is 238 Å². The molecule has 1 amide bonds. The summed E-state index contributed by atoms with van der Waals surface area (Å²) < 4.78 is 127. The van der Waals surface area contributed by atoms with Crippen LogP contribution in [0.1, 0.15) is 67.4 Å². The highest BCUT2D eigenvalue weighted by molar-refractivity contribution is 7.98. The van der Waals surface area contributed by atoms with Crippen LogP contribution in [0, 0.1) is 0 Å². The fourth-order valence-electron chi connectivity index (χ4n) is 11.5. The average molecular weight is 1460 g/mol. The number of amides is 1. The molecule has 4 heterocycles. The number of sulfone groups is 3. The Bertz CT molecular complexity index is 4070. The summed E-state index contributed by atoms with van der Waals surface area (Å²) in [5, 5.41) is 9.97. The molecule has 0 aliphatic carbocycles. The fourth-order valence-corrected chi connectivity index (χ4v) is 14.5. The van der Waals surface area contributed by atoms with Crippen molar-refractivity contribution in [1.82, 2.24) is 20.9 Å². The van der Waals surface area contributed by atoms with Crippen LogP contribution in [0.2, 0.25) is 0 Å². The van der Waals surface area contributed by atoms with Crippen LogP contribution in [0.4, 0.5) is 4.79 Å². The number of carbonyl (C=O) groups excluding carboxylic acids is 1. The van der Waals surface area contributed by atoms with Crippen LogP contribution in [0.25, 0.3) is 0 Å². The predicted molar refractivity (Wildman–Crippen MR) is 391 cm³/mol. The number of benzene rings is 8. The van der Waals surface area contributed by atoms with E-state index in [0.717, 1.165) is 71.9 Å². The summed E-state index contributed by atoms with van der Waals surface area (Å²) in [5.41, 5.74) is 3.27. The van der Waals surface area contributed by atoms with Crippen molar-refractivity contribution in [2.75, 3.05) is 104 Å².